The van der Waals surface area contributed by atoms with Gasteiger partial charge in [0.25, 0.3) is 0 Å². The van der Waals surface area contributed by atoms with Crippen molar-refractivity contribution in [2.45, 2.75) is 25.7 Å². The third-order valence-corrected chi connectivity index (χ3v) is 4.51. The van der Waals surface area contributed by atoms with Crippen molar-refractivity contribution in [2.75, 3.05) is 37.7 Å². The second kappa shape index (κ2) is 8.50. The number of aromatic nitrogens is 2. The van der Waals surface area contributed by atoms with Crippen molar-refractivity contribution >= 4 is 11.8 Å². The summed E-state index contributed by atoms with van der Waals surface area (Å²) in [4.78, 5) is 10.5. The van der Waals surface area contributed by atoms with E-state index in [-0.39, 0.29) is 17.3 Å². The maximum Gasteiger partial charge on any atom is 0.222 e. The second-order valence-electron chi connectivity index (χ2n) is 6.43. The van der Waals surface area contributed by atoms with Gasteiger partial charge in [0.05, 0.1) is 12.3 Å². The van der Waals surface area contributed by atoms with Gasteiger partial charge >= 0.3 is 0 Å². The zero-order valence-electron chi connectivity index (χ0n) is 14.8. The Bertz CT molecular complexity index is 795. The average molecular weight is 352 g/mol. The quantitative estimate of drug-likeness (QED) is 0.767. The smallest absolute Gasteiger partial charge is 0.222 e. The molecule has 1 aliphatic heterocycles. The third-order valence-electron chi connectivity index (χ3n) is 4.51. The van der Waals surface area contributed by atoms with E-state index in [2.05, 4.69) is 14.9 Å². The predicted molar refractivity (Wildman–Crippen MR) is 101 cm³/mol. The number of hydrogen-bond acceptors (Lipinski definition) is 7. The van der Waals surface area contributed by atoms with Crippen LogP contribution in [-0.4, -0.2) is 41.1 Å². The second-order valence-corrected chi connectivity index (χ2v) is 6.43. The monoisotopic (exact) mass is 352 g/mol. The Morgan fingerprint density at radius 1 is 1.15 bits per heavy atom. The standard InChI is InChI=1S/C19H24N6O/c20-13-16-17(23-19(22)24-18(16)21)14-6-4-7-15(12-14)26-11-5-10-25-8-2-1-3-9-25/h4,6-7,12H,1-3,5,8-11H2,(H4,21,22,23,24). The van der Waals surface area contributed by atoms with Gasteiger partial charge in [-0.3, -0.25) is 0 Å². The molecule has 0 unspecified atom stereocenters. The first-order valence-corrected chi connectivity index (χ1v) is 8.96. The summed E-state index contributed by atoms with van der Waals surface area (Å²) in [7, 11) is 0. The summed E-state index contributed by atoms with van der Waals surface area (Å²) in [6.07, 6.45) is 4.94. The lowest BCUT2D eigenvalue weighted by atomic mass is 10.1. The van der Waals surface area contributed by atoms with Crippen molar-refractivity contribution < 1.29 is 4.74 Å². The van der Waals surface area contributed by atoms with Crippen LogP contribution >= 0.6 is 0 Å². The molecule has 3 rings (SSSR count). The van der Waals surface area contributed by atoms with Crippen LogP contribution in [0.5, 0.6) is 5.75 Å². The minimum Gasteiger partial charge on any atom is -0.494 e. The molecule has 0 radical (unpaired) electrons. The summed E-state index contributed by atoms with van der Waals surface area (Å²) in [5, 5.41) is 9.33. The molecule has 136 valence electrons. The summed E-state index contributed by atoms with van der Waals surface area (Å²) in [6, 6.07) is 9.50. The molecule has 2 aromatic rings. The van der Waals surface area contributed by atoms with Crippen LogP contribution in [-0.2, 0) is 0 Å². The van der Waals surface area contributed by atoms with E-state index in [1.165, 1.54) is 32.4 Å². The maximum atomic E-state index is 9.33. The summed E-state index contributed by atoms with van der Waals surface area (Å²) in [5.74, 6) is 0.869. The first-order valence-electron chi connectivity index (χ1n) is 8.96. The Morgan fingerprint density at radius 3 is 2.73 bits per heavy atom. The highest BCUT2D eigenvalue weighted by Crippen LogP contribution is 2.28. The zero-order valence-corrected chi connectivity index (χ0v) is 14.8. The molecule has 7 heteroatoms. The molecule has 1 saturated heterocycles. The van der Waals surface area contributed by atoms with E-state index in [0.717, 1.165) is 24.3 Å². The summed E-state index contributed by atoms with van der Waals surface area (Å²) in [6.45, 7) is 4.11. The van der Waals surface area contributed by atoms with E-state index >= 15 is 0 Å². The van der Waals surface area contributed by atoms with E-state index < -0.39 is 0 Å². The number of benzene rings is 1. The molecular formula is C19H24N6O. The SMILES string of the molecule is N#Cc1c(N)nc(N)nc1-c1cccc(OCCCN2CCCCC2)c1. The topological polar surface area (TPSA) is 114 Å². The summed E-state index contributed by atoms with van der Waals surface area (Å²) < 4.78 is 5.88. The van der Waals surface area contributed by atoms with Crippen molar-refractivity contribution in [3.05, 3.63) is 29.8 Å². The normalized spacial score (nSPS) is 14.7. The van der Waals surface area contributed by atoms with Gasteiger partial charge in [0, 0.05) is 12.1 Å². The number of nitriles is 1. The van der Waals surface area contributed by atoms with Crippen molar-refractivity contribution in [3.63, 3.8) is 0 Å². The number of rotatable bonds is 6. The molecule has 1 aromatic heterocycles. The van der Waals surface area contributed by atoms with E-state index in [1.54, 1.807) is 0 Å². The molecule has 0 bridgehead atoms. The van der Waals surface area contributed by atoms with Crippen LogP contribution in [0.4, 0.5) is 11.8 Å². The van der Waals surface area contributed by atoms with E-state index in [9.17, 15) is 5.26 Å². The van der Waals surface area contributed by atoms with Gasteiger partial charge in [0.2, 0.25) is 5.95 Å². The summed E-state index contributed by atoms with van der Waals surface area (Å²) in [5.41, 5.74) is 12.9. The van der Waals surface area contributed by atoms with Gasteiger partial charge in [-0.1, -0.05) is 18.6 Å². The molecule has 1 aromatic carbocycles. The van der Waals surface area contributed by atoms with Crippen LogP contribution in [0, 0.1) is 11.3 Å². The Hall–Kier alpha value is -2.85. The number of ether oxygens (including phenoxy) is 1. The number of anilines is 2. The summed E-state index contributed by atoms with van der Waals surface area (Å²) >= 11 is 0. The molecule has 0 atom stereocenters. The first kappa shape index (κ1) is 18.0. The largest absolute Gasteiger partial charge is 0.494 e. The van der Waals surface area contributed by atoms with Gasteiger partial charge in [-0.25, -0.2) is 4.98 Å². The van der Waals surface area contributed by atoms with Crippen molar-refractivity contribution in [1.82, 2.24) is 14.9 Å². The van der Waals surface area contributed by atoms with Crippen LogP contribution in [0.25, 0.3) is 11.3 Å². The lowest BCUT2D eigenvalue weighted by molar-refractivity contribution is 0.205. The Labute approximate surface area is 153 Å². The molecule has 4 N–H and O–H groups in total. The highest BCUT2D eigenvalue weighted by molar-refractivity contribution is 5.73. The number of nitrogen functional groups attached to an aromatic ring is 2. The lowest BCUT2D eigenvalue weighted by Gasteiger charge is -2.26. The van der Waals surface area contributed by atoms with E-state index in [4.69, 9.17) is 16.2 Å². The van der Waals surface area contributed by atoms with Crippen LogP contribution in [0.2, 0.25) is 0 Å². The zero-order chi connectivity index (χ0) is 18.4. The van der Waals surface area contributed by atoms with Gasteiger partial charge < -0.3 is 21.1 Å². The number of likely N-dealkylation sites (tertiary alicyclic amines) is 1. The molecule has 2 heterocycles. The number of nitrogens with zero attached hydrogens (tertiary/aromatic N) is 4. The molecule has 0 spiro atoms. The fourth-order valence-electron chi connectivity index (χ4n) is 3.21. The first-order chi connectivity index (χ1) is 12.7. The maximum absolute atomic E-state index is 9.33. The fourth-order valence-corrected chi connectivity index (χ4v) is 3.21. The minimum absolute atomic E-state index is 0.0457. The van der Waals surface area contributed by atoms with Crippen LogP contribution in [0.1, 0.15) is 31.2 Å². The highest BCUT2D eigenvalue weighted by atomic mass is 16.5. The molecule has 1 aliphatic rings. The van der Waals surface area contributed by atoms with Gasteiger partial charge in [0.15, 0.2) is 0 Å². The van der Waals surface area contributed by atoms with E-state index in [1.807, 2.05) is 30.3 Å². The lowest BCUT2D eigenvalue weighted by Crippen LogP contribution is -2.31. The van der Waals surface area contributed by atoms with Gasteiger partial charge in [-0.05, 0) is 44.5 Å². The highest BCUT2D eigenvalue weighted by Gasteiger charge is 2.14. The predicted octanol–water partition coefficient (Wildman–Crippen LogP) is 2.43. The number of piperidine rings is 1. The van der Waals surface area contributed by atoms with Gasteiger partial charge in [0.1, 0.15) is 23.2 Å². The van der Waals surface area contributed by atoms with Gasteiger partial charge in [-0.2, -0.15) is 10.2 Å². The van der Waals surface area contributed by atoms with Crippen LogP contribution in [0.15, 0.2) is 24.3 Å². The average Bonchev–Trinajstić information content (AvgIpc) is 2.66. The molecule has 1 fully saturated rings. The Balaban J connectivity index is 1.64. The molecule has 0 saturated carbocycles. The van der Waals surface area contributed by atoms with E-state index in [0.29, 0.717) is 12.3 Å². The van der Waals surface area contributed by atoms with Crippen molar-refractivity contribution in [3.8, 4) is 23.1 Å². The van der Waals surface area contributed by atoms with Gasteiger partial charge in [-0.15, -0.1) is 0 Å². The minimum atomic E-state index is 0.0457. The molecule has 0 aliphatic carbocycles. The Kier molecular flexibility index (Phi) is 5.87. The van der Waals surface area contributed by atoms with Crippen molar-refractivity contribution in [2.24, 2.45) is 0 Å². The number of nitrogens with two attached hydrogens (primary N) is 2. The molecule has 26 heavy (non-hydrogen) atoms. The molecular weight excluding hydrogens is 328 g/mol. The third kappa shape index (κ3) is 4.41. The van der Waals surface area contributed by atoms with Crippen LogP contribution in [0.3, 0.4) is 0 Å². The molecule has 0 amide bonds. The van der Waals surface area contributed by atoms with Crippen molar-refractivity contribution in [1.29, 1.82) is 5.26 Å². The van der Waals surface area contributed by atoms with Crippen LogP contribution < -0.4 is 16.2 Å². The fraction of sp³-hybridized carbons (Fsp3) is 0.421. The molecule has 7 nitrogen and oxygen atoms in total. The Morgan fingerprint density at radius 2 is 1.96 bits per heavy atom. The number of hydrogen-bond donors (Lipinski definition) is 2.